The summed E-state index contributed by atoms with van der Waals surface area (Å²) in [5, 5.41) is 0. The van der Waals surface area contributed by atoms with Crippen molar-refractivity contribution >= 4 is 0 Å². The summed E-state index contributed by atoms with van der Waals surface area (Å²) in [6, 6.07) is 0. The summed E-state index contributed by atoms with van der Waals surface area (Å²) in [7, 11) is 0. The maximum absolute atomic E-state index is 12.6. The van der Waals surface area contributed by atoms with Crippen molar-refractivity contribution in [3.8, 4) is 0 Å². The summed E-state index contributed by atoms with van der Waals surface area (Å²) >= 11 is 0. The molecule has 11 heavy (non-hydrogen) atoms. The molecule has 64 valence electrons. The second-order valence-corrected chi connectivity index (χ2v) is 3.83. The van der Waals surface area contributed by atoms with E-state index in [1.165, 1.54) is 5.57 Å². The van der Waals surface area contributed by atoms with Crippen LogP contribution < -0.4 is 0 Å². The Labute approximate surface area is 68.5 Å². The van der Waals surface area contributed by atoms with E-state index in [-0.39, 0.29) is 0 Å². The zero-order valence-corrected chi connectivity index (χ0v) is 7.44. The van der Waals surface area contributed by atoms with Gasteiger partial charge in [0, 0.05) is 0 Å². The van der Waals surface area contributed by atoms with Crippen molar-refractivity contribution in [1.29, 1.82) is 0 Å². The topological polar surface area (TPSA) is 0 Å². The second-order valence-electron chi connectivity index (χ2n) is 3.83. The lowest BCUT2D eigenvalue weighted by Gasteiger charge is -2.17. The zero-order valence-electron chi connectivity index (χ0n) is 7.44. The van der Waals surface area contributed by atoms with Crippen molar-refractivity contribution in [2.75, 3.05) is 0 Å². The van der Waals surface area contributed by atoms with Crippen molar-refractivity contribution < 1.29 is 4.39 Å². The fourth-order valence-corrected chi connectivity index (χ4v) is 1.57. The van der Waals surface area contributed by atoms with E-state index in [9.17, 15) is 4.39 Å². The summed E-state index contributed by atoms with van der Waals surface area (Å²) in [4.78, 5) is 0. The fraction of sp³-hybridized carbons (Fsp3) is 0.800. The molecular formula is C10H17F. The molecule has 0 aromatic heterocycles. The predicted octanol–water partition coefficient (Wildman–Crippen LogP) is 3.48. The van der Waals surface area contributed by atoms with Crippen LogP contribution in [0.4, 0.5) is 4.39 Å². The van der Waals surface area contributed by atoms with Gasteiger partial charge in [0.05, 0.1) is 0 Å². The van der Waals surface area contributed by atoms with E-state index >= 15 is 0 Å². The SMILES string of the molecule is CC(C)CC1=CCC(F)CC1. The van der Waals surface area contributed by atoms with Gasteiger partial charge < -0.3 is 0 Å². The van der Waals surface area contributed by atoms with Crippen molar-refractivity contribution in [3.05, 3.63) is 11.6 Å². The molecule has 0 aromatic rings. The molecule has 0 heterocycles. The second kappa shape index (κ2) is 3.89. The van der Waals surface area contributed by atoms with Crippen LogP contribution in [0.1, 0.15) is 39.5 Å². The first-order valence-electron chi connectivity index (χ1n) is 4.50. The minimum Gasteiger partial charge on any atom is -0.247 e. The van der Waals surface area contributed by atoms with Crippen molar-refractivity contribution in [1.82, 2.24) is 0 Å². The van der Waals surface area contributed by atoms with Gasteiger partial charge in [0.15, 0.2) is 0 Å². The monoisotopic (exact) mass is 156 g/mol. The Hall–Kier alpha value is -0.330. The molecule has 0 spiro atoms. The third-order valence-corrected chi connectivity index (χ3v) is 2.11. The maximum atomic E-state index is 12.6. The van der Waals surface area contributed by atoms with Crippen molar-refractivity contribution in [3.63, 3.8) is 0 Å². The van der Waals surface area contributed by atoms with Crippen LogP contribution in [0.3, 0.4) is 0 Å². The lowest BCUT2D eigenvalue weighted by molar-refractivity contribution is 0.304. The van der Waals surface area contributed by atoms with E-state index in [0.29, 0.717) is 6.42 Å². The van der Waals surface area contributed by atoms with Crippen LogP contribution in [0, 0.1) is 5.92 Å². The summed E-state index contributed by atoms with van der Waals surface area (Å²) < 4.78 is 12.6. The number of halogens is 1. The highest BCUT2D eigenvalue weighted by atomic mass is 19.1. The fourth-order valence-electron chi connectivity index (χ4n) is 1.57. The van der Waals surface area contributed by atoms with Crippen LogP contribution in [0.15, 0.2) is 11.6 Å². The van der Waals surface area contributed by atoms with Crippen molar-refractivity contribution in [2.24, 2.45) is 5.92 Å². The molecule has 1 unspecified atom stereocenters. The molecule has 0 nitrogen and oxygen atoms in total. The van der Waals surface area contributed by atoms with Crippen LogP contribution in [0.25, 0.3) is 0 Å². The van der Waals surface area contributed by atoms with Gasteiger partial charge in [-0.2, -0.15) is 0 Å². The minimum absolute atomic E-state index is 0.564. The van der Waals surface area contributed by atoms with E-state index in [4.69, 9.17) is 0 Å². The van der Waals surface area contributed by atoms with Gasteiger partial charge in [-0.3, -0.25) is 0 Å². The molecule has 0 N–H and O–H groups in total. The molecule has 1 aliphatic rings. The highest BCUT2D eigenvalue weighted by molar-refractivity contribution is 5.07. The van der Waals surface area contributed by atoms with E-state index in [1.54, 1.807) is 0 Å². The van der Waals surface area contributed by atoms with Gasteiger partial charge in [0.2, 0.25) is 0 Å². The van der Waals surface area contributed by atoms with Gasteiger partial charge in [-0.05, 0) is 31.6 Å². The molecule has 1 rings (SSSR count). The lowest BCUT2D eigenvalue weighted by atomic mass is 9.92. The van der Waals surface area contributed by atoms with Crippen molar-refractivity contribution in [2.45, 2.75) is 45.7 Å². The van der Waals surface area contributed by atoms with Crippen LogP contribution in [-0.4, -0.2) is 6.17 Å². The van der Waals surface area contributed by atoms with Gasteiger partial charge in [-0.1, -0.05) is 25.5 Å². The van der Waals surface area contributed by atoms with Gasteiger partial charge in [-0.15, -0.1) is 0 Å². The Kier molecular flexibility index (Phi) is 3.10. The Morgan fingerprint density at radius 1 is 1.64 bits per heavy atom. The Morgan fingerprint density at radius 3 is 2.82 bits per heavy atom. The average molecular weight is 156 g/mol. The van der Waals surface area contributed by atoms with Crippen LogP contribution in [0.2, 0.25) is 0 Å². The van der Waals surface area contributed by atoms with Gasteiger partial charge >= 0.3 is 0 Å². The first-order valence-corrected chi connectivity index (χ1v) is 4.50. The Bertz CT molecular complexity index is 147. The largest absolute Gasteiger partial charge is 0.247 e. The first kappa shape index (κ1) is 8.76. The molecule has 1 atom stereocenters. The third kappa shape index (κ3) is 3.04. The summed E-state index contributed by atoms with van der Waals surface area (Å²) in [6.45, 7) is 4.42. The number of alkyl halides is 1. The zero-order chi connectivity index (χ0) is 8.27. The minimum atomic E-state index is -0.564. The molecule has 0 aliphatic heterocycles. The highest BCUT2D eigenvalue weighted by Gasteiger charge is 2.12. The summed E-state index contributed by atoms with van der Waals surface area (Å²) in [5.74, 6) is 0.720. The summed E-state index contributed by atoms with van der Waals surface area (Å²) in [6.07, 6.45) is 5.08. The number of rotatable bonds is 2. The van der Waals surface area contributed by atoms with E-state index in [1.807, 2.05) is 0 Å². The van der Waals surface area contributed by atoms with Gasteiger partial charge in [-0.25, -0.2) is 4.39 Å². The number of hydrogen-bond donors (Lipinski definition) is 0. The molecule has 1 heteroatoms. The lowest BCUT2D eigenvalue weighted by Crippen LogP contribution is -2.06. The van der Waals surface area contributed by atoms with Gasteiger partial charge in [0.1, 0.15) is 6.17 Å². The van der Waals surface area contributed by atoms with E-state index in [0.717, 1.165) is 25.2 Å². The molecule has 0 saturated carbocycles. The normalized spacial score (nSPS) is 25.5. The smallest absolute Gasteiger partial charge is 0.104 e. The molecule has 0 aromatic carbocycles. The summed E-state index contributed by atoms with van der Waals surface area (Å²) in [5.41, 5.74) is 1.47. The number of hydrogen-bond acceptors (Lipinski definition) is 0. The van der Waals surface area contributed by atoms with E-state index in [2.05, 4.69) is 19.9 Å². The standard InChI is InChI=1S/C10H17F/c1-8(2)7-9-3-5-10(11)6-4-9/h3,8,10H,4-7H2,1-2H3. The molecule has 0 bridgehead atoms. The highest BCUT2D eigenvalue weighted by Crippen LogP contribution is 2.24. The molecule has 1 aliphatic carbocycles. The molecule has 0 fully saturated rings. The van der Waals surface area contributed by atoms with Crippen LogP contribution >= 0.6 is 0 Å². The van der Waals surface area contributed by atoms with E-state index < -0.39 is 6.17 Å². The molecular weight excluding hydrogens is 139 g/mol. The first-order chi connectivity index (χ1) is 5.18. The quantitative estimate of drug-likeness (QED) is 0.537. The Morgan fingerprint density at radius 2 is 2.36 bits per heavy atom. The predicted molar refractivity (Wildman–Crippen MR) is 46.3 cm³/mol. The Balaban J connectivity index is 2.35. The molecule has 0 amide bonds. The average Bonchev–Trinajstić information content (AvgIpc) is 1.93. The van der Waals surface area contributed by atoms with Crippen LogP contribution in [-0.2, 0) is 0 Å². The van der Waals surface area contributed by atoms with Crippen LogP contribution in [0.5, 0.6) is 0 Å². The van der Waals surface area contributed by atoms with Gasteiger partial charge in [0.25, 0.3) is 0 Å². The number of allylic oxidation sites excluding steroid dienone is 2. The molecule has 0 radical (unpaired) electrons. The maximum Gasteiger partial charge on any atom is 0.104 e. The molecule has 0 saturated heterocycles. The third-order valence-electron chi connectivity index (χ3n) is 2.11.